The van der Waals surface area contributed by atoms with Crippen LogP contribution in [0.2, 0.25) is 0 Å². The van der Waals surface area contributed by atoms with Crippen molar-refractivity contribution in [2.45, 2.75) is 44.8 Å². The summed E-state index contributed by atoms with van der Waals surface area (Å²) in [6.45, 7) is 8.40. The summed E-state index contributed by atoms with van der Waals surface area (Å²) >= 11 is 0. The standard InChI is InChI=1S/C19H28N4O/c1-15-21-18-4-2-3-5-19(18)23(15)12-9-20-16-6-10-22(11-7-16)17-8-13-24-14-17/h2-5,16-17,20H,6-14H2,1H3. The fraction of sp³-hybridized carbons (Fsp3) is 0.632. The Morgan fingerprint density at radius 2 is 2.04 bits per heavy atom. The van der Waals surface area contributed by atoms with Crippen molar-refractivity contribution < 1.29 is 4.74 Å². The van der Waals surface area contributed by atoms with Crippen molar-refractivity contribution in [2.24, 2.45) is 0 Å². The van der Waals surface area contributed by atoms with Gasteiger partial charge in [-0.05, 0) is 38.3 Å². The Labute approximate surface area is 144 Å². The third kappa shape index (κ3) is 3.34. The third-order valence-corrected chi connectivity index (χ3v) is 5.57. The Morgan fingerprint density at radius 1 is 1.21 bits per heavy atom. The summed E-state index contributed by atoms with van der Waals surface area (Å²) in [5.74, 6) is 1.11. The van der Waals surface area contributed by atoms with E-state index in [0.29, 0.717) is 12.1 Å². The van der Waals surface area contributed by atoms with E-state index in [4.69, 9.17) is 4.74 Å². The van der Waals surface area contributed by atoms with Gasteiger partial charge < -0.3 is 14.6 Å². The Balaban J connectivity index is 1.26. The number of hydrogen-bond donors (Lipinski definition) is 1. The van der Waals surface area contributed by atoms with Crippen molar-refractivity contribution in [3.63, 3.8) is 0 Å². The number of nitrogens with zero attached hydrogens (tertiary/aromatic N) is 3. The van der Waals surface area contributed by atoms with Gasteiger partial charge in [-0.15, -0.1) is 0 Å². The number of likely N-dealkylation sites (tertiary alicyclic amines) is 1. The van der Waals surface area contributed by atoms with Gasteiger partial charge in [0.1, 0.15) is 5.82 Å². The summed E-state index contributed by atoms with van der Waals surface area (Å²) in [5.41, 5.74) is 2.34. The number of ether oxygens (including phenoxy) is 1. The van der Waals surface area contributed by atoms with Gasteiger partial charge in [0.05, 0.1) is 17.6 Å². The monoisotopic (exact) mass is 328 g/mol. The van der Waals surface area contributed by atoms with Crippen LogP contribution >= 0.6 is 0 Å². The molecule has 0 bridgehead atoms. The largest absolute Gasteiger partial charge is 0.380 e. The number of hydrogen-bond acceptors (Lipinski definition) is 4. The summed E-state index contributed by atoms with van der Waals surface area (Å²) in [5, 5.41) is 3.76. The minimum atomic E-state index is 0.652. The van der Waals surface area contributed by atoms with Crippen molar-refractivity contribution >= 4 is 11.0 Å². The molecule has 3 heterocycles. The highest BCUT2D eigenvalue weighted by Gasteiger charge is 2.27. The van der Waals surface area contributed by atoms with Crippen LogP contribution in [0.15, 0.2) is 24.3 Å². The molecule has 1 aromatic carbocycles. The highest BCUT2D eigenvalue weighted by molar-refractivity contribution is 5.75. The predicted octanol–water partition coefficient (Wildman–Crippen LogP) is 2.19. The van der Waals surface area contributed by atoms with Crippen LogP contribution in [0, 0.1) is 6.92 Å². The first kappa shape index (κ1) is 16.1. The zero-order valence-corrected chi connectivity index (χ0v) is 14.6. The van der Waals surface area contributed by atoms with Crippen molar-refractivity contribution in [3.05, 3.63) is 30.1 Å². The lowest BCUT2D eigenvalue weighted by Gasteiger charge is -2.35. The molecule has 0 aliphatic carbocycles. The minimum absolute atomic E-state index is 0.652. The average Bonchev–Trinajstić information content (AvgIpc) is 3.24. The van der Waals surface area contributed by atoms with E-state index in [9.17, 15) is 0 Å². The molecule has 4 rings (SSSR count). The molecule has 0 saturated carbocycles. The van der Waals surface area contributed by atoms with Crippen molar-refractivity contribution in [3.8, 4) is 0 Å². The minimum Gasteiger partial charge on any atom is -0.380 e. The highest BCUT2D eigenvalue weighted by Crippen LogP contribution is 2.19. The van der Waals surface area contributed by atoms with Gasteiger partial charge in [-0.1, -0.05) is 12.1 Å². The molecule has 2 fully saturated rings. The second-order valence-corrected chi connectivity index (χ2v) is 7.08. The van der Waals surface area contributed by atoms with Gasteiger partial charge in [-0.25, -0.2) is 4.98 Å². The van der Waals surface area contributed by atoms with Crippen molar-refractivity contribution in [1.29, 1.82) is 0 Å². The highest BCUT2D eigenvalue weighted by atomic mass is 16.5. The molecule has 0 spiro atoms. The summed E-state index contributed by atoms with van der Waals surface area (Å²) in [7, 11) is 0. The zero-order valence-electron chi connectivity index (χ0n) is 14.6. The Bertz CT molecular complexity index is 669. The number of benzene rings is 1. The molecule has 24 heavy (non-hydrogen) atoms. The molecule has 1 unspecified atom stereocenters. The first-order valence-electron chi connectivity index (χ1n) is 9.28. The van der Waals surface area contributed by atoms with Gasteiger partial charge in [-0.2, -0.15) is 0 Å². The van der Waals surface area contributed by atoms with Gasteiger partial charge in [-0.3, -0.25) is 4.90 Å². The Hall–Kier alpha value is -1.43. The molecular formula is C19H28N4O. The van der Waals surface area contributed by atoms with E-state index in [-0.39, 0.29) is 0 Å². The number of piperidine rings is 1. The smallest absolute Gasteiger partial charge is 0.106 e. The lowest BCUT2D eigenvalue weighted by atomic mass is 10.0. The fourth-order valence-corrected chi connectivity index (χ4v) is 4.14. The molecule has 2 aliphatic heterocycles. The van der Waals surface area contributed by atoms with Crippen LogP contribution in [-0.2, 0) is 11.3 Å². The number of imidazole rings is 1. The molecule has 2 aliphatic rings. The Kier molecular flexibility index (Phi) is 4.83. The van der Waals surface area contributed by atoms with Crippen LogP contribution in [0.5, 0.6) is 0 Å². The van der Waals surface area contributed by atoms with Gasteiger partial charge in [0.25, 0.3) is 0 Å². The quantitative estimate of drug-likeness (QED) is 0.914. The van der Waals surface area contributed by atoms with E-state index in [2.05, 4.69) is 51.0 Å². The second-order valence-electron chi connectivity index (χ2n) is 7.08. The number of para-hydroxylation sites is 2. The average molecular weight is 328 g/mol. The number of fused-ring (bicyclic) bond motifs is 1. The van der Waals surface area contributed by atoms with Crippen LogP contribution in [0.4, 0.5) is 0 Å². The molecule has 1 atom stereocenters. The predicted molar refractivity (Wildman–Crippen MR) is 96.3 cm³/mol. The van der Waals surface area contributed by atoms with Gasteiger partial charge >= 0.3 is 0 Å². The summed E-state index contributed by atoms with van der Waals surface area (Å²) in [6, 6.07) is 9.73. The maximum atomic E-state index is 5.52. The Morgan fingerprint density at radius 3 is 2.83 bits per heavy atom. The van der Waals surface area contributed by atoms with Gasteiger partial charge in [0.2, 0.25) is 0 Å². The molecule has 0 radical (unpaired) electrons. The molecule has 5 heteroatoms. The van der Waals surface area contributed by atoms with Crippen LogP contribution in [0.1, 0.15) is 25.1 Å². The molecule has 0 amide bonds. The number of nitrogens with one attached hydrogen (secondary N) is 1. The molecule has 5 nitrogen and oxygen atoms in total. The van der Waals surface area contributed by atoms with E-state index < -0.39 is 0 Å². The van der Waals surface area contributed by atoms with E-state index >= 15 is 0 Å². The molecule has 1 N–H and O–H groups in total. The SMILES string of the molecule is Cc1nc2ccccc2n1CCNC1CCN(C2CCOC2)CC1. The first-order chi connectivity index (χ1) is 11.8. The molecule has 2 aromatic rings. The lowest BCUT2D eigenvalue weighted by Crippen LogP contribution is -2.47. The maximum absolute atomic E-state index is 5.52. The van der Waals surface area contributed by atoms with Crippen LogP contribution in [0.25, 0.3) is 11.0 Å². The van der Waals surface area contributed by atoms with Crippen LogP contribution in [-0.4, -0.2) is 59.4 Å². The summed E-state index contributed by atoms with van der Waals surface area (Å²) < 4.78 is 7.85. The normalized spacial score (nSPS) is 23.3. The molecule has 2 saturated heterocycles. The maximum Gasteiger partial charge on any atom is 0.106 e. The number of aromatic nitrogens is 2. The number of aryl methyl sites for hydroxylation is 1. The molecule has 1 aromatic heterocycles. The van der Waals surface area contributed by atoms with E-state index in [1.807, 2.05) is 0 Å². The second kappa shape index (κ2) is 7.21. The number of rotatable bonds is 5. The van der Waals surface area contributed by atoms with Crippen molar-refractivity contribution in [2.75, 3.05) is 32.8 Å². The zero-order chi connectivity index (χ0) is 16.4. The van der Waals surface area contributed by atoms with Gasteiger partial charge in [0.15, 0.2) is 0 Å². The summed E-state index contributed by atoms with van der Waals surface area (Å²) in [6.07, 6.45) is 3.71. The third-order valence-electron chi connectivity index (χ3n) is 5.57. The van der Waals surface area contributed by atoms with Crippen molar-refractivity contribution in [1.82, 2.24) is 19.8 Å². The van der Waals surface area contributed by atoms with Crippen LogP contribution < -0.4 is 5.32 Å². The van der Waals surface area contributed by atoms with E-state index in [1.54, 1.807) is 0 Å². The summed E-state index contributed by atoms with van der Waals surface area (Å²) in [4.78, 5) is 7.27. The fourth-order valence-electron chi connectivity index (χ4n) is 4.14. The van der Waals surface area contributed by atoms with Gasteiger partial charge in [0, 0.05) is 44.9 Å². The van der Waals surface area contributed by atoms with E-state index in [0.717, 1.165) is 37.6 Å². The molecular weight excluding hydrogens is 300 g/mol. The first-order valence-corrected chi connectivity index (χ1v) is 9.28. The lowest BCUT2D eigenvalue weighted by molar-refractivity contribution is 0.117. The topological polar surface area (TPSA) is 42.3 Å². The van der Waals surface area contributed by atoms with Crippen LogP contribution in [0.3, 0.4) is 0 Å². The van der Waals surface area contributed by atoms with E-state index in [1.165, 1.54) is 37.9 Å². The molecule has 130 valence electrons.